The summed E-state index contributed by atoms with van der Waals surface area (Å²) in [6.45, 7) is 0. The van der Waals surface area contributed by atoms with Crippen molar-refractivity contribution in [2.24, 2.45) is 0 Å². The Morgan fingerprint density at radius 2 is 1.48 bits per heavy atom. The van der Waals surface area contributed by atoms with Crippen molar-refractivity contribution in [3.05, 3.63) is 102 Å². The highest BCUT2D eigenvalue weighted by Gasteiger charge is 2.19. The molecule has 0 aliphatic heterocycles. The van der Waals surface area contributed by atoms with Gasteiger partial charge < -0.3 is 4.98 Å². The van der Waals surface area contributed by atoms with Gasteiger partial charge in [0.15, 0.2) is 11.5 Å². The molecule has 0 fully saturated rings. The third-order valence-corrected chi connectivity index (χ3v) is 5.23. The van der Waals surface area contributed by atoms with Crippen molar-refractivity contribution in [3.8, 4) is 28.3 Å². The van der Waals surface area contributed by atoms with Crippen molar-refractivity contribution >= 4 is 16.6 Å². The molecule has 3 aromatic heterocycles. The molecule has 7 heteroatoms. The van der Waals surface area contributed by atoms with Crippen molar-refractivity contribution in [1.29, 1.82) is 0 Å². The van der Waals surface area contributed by atoms with Gasteiger partial charge in [-0.2, -0.15) is 9.61 Å². The highest BCUT2D eigenvalue weighted by Crippen LogP contribution is 2.31. The minimum absolute atomic E-state index is 0.329. The van der Waals surface area contributed by atoms with E-state index in [9.17, 15) is 4.79 Å². The Hall–Kier alpha value is -4.52. The van der Waals surface area contributed by atoms with E-state index in [1.54, 1.807) is 0 Å². The van der Waals surface area contributed by atoms with Gasteiger partial charge in [0, 0.05) is 17.1 Å². The Kier molecular flexibility index (Phi) is 3.79. The first kappa shape index (κ1) is 17.3. The van der Waals surface area contributed by atoms with Crippen LogP contribution in [-0.2, 0) is 0 Å². The molecule has 7 nitrogen and oxygen atoms in total. The molecule has 3 aromatic carbocycles. The molecule has 6 rings (SSSR count). The zero-order valence-electron chi connectivity index (χ0n) is 16.3. The van der Waals surface area contributed by atoms with Gasteiger partial charge in [-0.25, -0.2) is 14.5 Å². The summed E-state index contributed by atoms with van der Waals surface area (Å²) in [4.78, 5) is 20.2. The average Bonchev–Trinajstić information content (AvgIpc) is 3.46. The number of para-hydroxylation sites is 2. The Morgan fingerprint density at radius 3 is 2.29 bits per heavy atom. The quantitative estimate of drug-likeness (QED) is 0.482. The van der Waals surface area contributed by atoms with E-state index >= 15 is 0 Å². The van der Waals surface area contributed by atoms with E-state index in [2.05, 4.69) is 10.1 Å². The molecule has 0 bridgehead atoms. The van der Waals surface area contributed by atoms with E-state index in [1.807, 2.05) is 95.8 Å². The van der Waals surface area contributed by atoms with Gasteiger partial charge in [0.2, 0.25) is 0 Å². The van der Waals surface area contributed by atoms with Gasteiger partial charge in [-0.1, -0.05) is 60.7 Å². The molecule has 0 aliphatic rings. The van der Waals surface area contributed by atoms with E-state index in [4.69, 9.17) is 10.1 Å². The molecule has 31 heavy (non-hydrogen) atoms. The number of hydrogen-bond donors (Lipinski definition) is 1. The molecule has 6 aromatic rings. The first-order chi connectivity index (χ1) is 15.3. The standard InChI is InChI=1S/C24H16N6O/c31-24-25-20-14-8-7-13-18(20)23-26-22(28-30(23)24)19-15-29(17-11-5-2-6-12-17)27-21(19)16-9-3-1-4-10-16/h1-15H,(H,25,31). The first-order valence-electron chi connectivity index (χ1n) is 9.86. The lowest BCUT2D eigenvalue weighted by atomic mass is 10.1. The van der Waals surface area contributed by atoms with Gasteiger partial charge >= 0.3 is 5.69 Å². The number of nitrogens with zero attached hydrogens (tertiary/aromatic N) is 5. The molecular formula is C24H16N6O. The fraction of sp³-hybridized carbons (Fsp3) is 0. The maximum atomic E-state index is 12.6. The van der Waals surface area contributed by atoms with Crippen molar-refractivity contribution in [2.75, 3.05) is 0 Å². The lowest BCUT2D eigenvalue weighted by molar-refractivity contribution is 0.881. The second-order valence-corrected chi connectivity index (χ2v) is 7.18. The monoisotopic (exact) mass is 404 g/mol. The van der Waals surface area contributed by atoms with Gasteiger partial charge in [0.1, 0.15) is 5.69 Å². The molecule has 0 radical (unpaired) electrons. The molecule has 0 aliphatic carbocycles. The van der Waals surface area contributed by atoms with Crippen LogP contribution in [0.3, 0.4) is 0 Å². The summed E-state index contributed by atoms with van der Waals surface area (Å²) in [5.41, 5.74) is 4.29. The van der Waals surface area contributed by atoms with Crippen LogP contribution in [0.1, 0.15) is 0 Å². The summed E-state index contributed by atoms with van der Waals surface area (Å²) in [6, 6.07) is 27.3. The molecule has 0 amide bonds. The predicted molar refractivity (Wildman–Crippen MR) is 119 cm³/mol. The third kappa shape index (κ3) is 2.83. The molecule has 148 valence electrons. The van der Waals surface area contributed by atoms with Gasteiger partial charge in [-0.05, 0) is 24.3 Å². The van der Waals surface area contributed by atoms with Gasteiger partial charge in [-0.15, -0.1) is 5.10 Å². The predicted octanol–water partition coefficient (Wildman–Crippen LogP) is 4.09. The number of aromatic amines is 1. The molecule has 3 heterocycles. The Balaban J connectivity index is 1.63. The highest BCUT2D eigenvalue weighted by molar-refractivity contribution is 5.91. The van der Waals surface area contributed by atoms with Crippen LogP contribution in [0.15, 0.2) is 95.9 Å². The van der Waals surface area contributed by atoms with Crippen molar-refractivity contribution in [1.82, 2.24) is 29.4 Å². The first-order valence-corrected chi connectivity index (χ1v) is 9.86. The Bertz CT molecular complexity index is 1600. The zero-order chi connectivity index (χ0) is 20.8. The van der Waals surface area contributed by atoms with E-state index in [0.29, 0.717) is 11.5 Å². The van der Waals surface area contributed by atoms with Crippen molar-refractivity contribution < 1.29 is 0 Å². The number of fused-ring (bicyclic) bond motifs is 3. The van der Waals surface area contributed by atoms with Crippen LogP contribution in [0.5, 0.6) is 0 Å². The molecule has 0 unspecified atom stereocenters. The second-order valence-electron chi connectivity index (χ2n) is 7.18. The maximum Gasteiger partial charge on any atom is 0.348 e. The lowest BCUT2D eigenvalue weighted by Gasteiger charge is -2.00. The van der Waals surface area contributed by atoms with E-state index in [-0.39, 0.29) is 5.69 Å². The number of benzene rings is 3. The van der Waals surface area contributed by atoms with Gasteiger partial charge in [-0.3, -0.25) is 0 Å². The van der Waals surface area contributed by atoms with Crippen LogP contribution in [0, 0.1) is 0 Å². The Morgan fingerprint density at radius 1 is 0.774 bits per heavy atom. The number of H-pyrrole nitrogens is 1. The van der Waals surface area contributed by atoms with Gasteiger partial charge in [0.05, 0.1) is 16.8 Å². The van der Waals surface area contributed by atoms with Crippen LogP contribution in [0.25, 0.3) is 44.9 Å². The van der Waals surface area contributed by atoms with Crippen molar-refractivity contribution in [3.63, 3.8) is 0 Å². The van der Waals surface area contributed by atoms with Crippen LogP contribution in [0.2, 0.25) is 0 Å². The molecule has 1 N–H and O–H groups in total. The SMILES string of the molecule is O=c1[nH]c2ccccc2c2nc(-c3cn(-c4ccccc4)nc3-c3ccccc3)nn12. The average molecular weight is 404 g/mol. The summed E-state index contributed by atoms with van der Waals surface area (Å²) < 4.78 is 3.12. The van der Waals surface area contributed by atoms with E-state index in [1.165, 1.54) is 4.52 Å². The number of aromatic nitrogens is 6. The summed E-state index contributed by atoms with van der Waals surface area (Å²) in [5.74, 6) is 0.447. The number of nitrogens with one attached hydrogen (secondary N) is 1. The fourth-order valence-electron chi connectivity index (χ4n) is 3.76. The van der Waals surface area contributed by atoms with Crippen LogP contribution in [-0.4, -0.2) is 29.4 Å². The minimum Gasteiger partial charge on any atom is -0.305 e. The number of rotatable bonds is 3. The minimum atomic E-state index is -0.329. The normalized spacial score (nSPS) is 11.4. The summed E-state index contributed by atoms with van der Waals surface area (Å²) >= 11 is 0. The smallest absolute Gasteiger partial charge is 0.305 e. The summed E-state index contributed by atoms with van der Waals surface area (Å²) in [5, 5.41) is 10.2. The van der Waals surface area contributed by atoms with Crippen LogP contribution in [0.4, 0.5) is 0 Å². The Labute approximate surface area is 176 Å². The van der Waals surface area contributed by atoms with Crippen molar-refractivity contribution in [2.45, 2.75) is 0 Å². The van der Waals surface area contributed by atoms with E-state index < -0.39 is 0 Å². The molecular weight excluding hydrogens is 388 g/mol. The summed E-state index contributed by atoms with van der Waals surface area (Å²) in [7, 11) is 0. The van der Waals surface area contributed by atoms with Gasteiger partial charge in [0.25, 0.3) is 0 Å². The molecule has 0 saturated carbocycles. The molecule has 0 spiro atoms. The zero-order valence-corrected chi connectivity index (χ0v) is 16.3. The number of hydrogen-bond acceptors (Lipinski definition) is 4. The molecule has 0 saturated heterocycles. The summed E-state index contributed by atoms with van der Waals surface area (Å²) in [6.07, 6.45) is 1.91. The second kappa shape index (κ2) is 6.77. The maximum absolute atomic E-state index is 12.6. The molecule has 0 atom stereocenters. The third-order valence-electron chi connectivity index (χ3n) is 5.23. The highest BCUT2D eigenvalue weighted by atomic mass is 16.1. The fourth-order valence-corrected chi connectivity index (χ4v) is 3.76. The van der Waals surface area contributed by atoms with Crippen LogP contribution >= 0.6 is 0 Å². The topological polar surface area (TPSA) is 80.9 Å². The van der Waals surface area contributed by atoms with Crippen LogP contribution < -0.4 is 5.69 Å². The lowest BCUT2D eigenvalue weighted by Crippen LogP contribution is -2.17. The largest absolute Gasteiger partial charge is 0.348 e. The van der Waals surface area contributed by atoms with E-state index in [0.717, 1.165) is 33.4 Å².